The van der Waals surface area contributed by atoms with Crippen molar-refractivity contribution in [2.75, 3.05) is 5.32 Å². The summed E-state index contributed by atoms with van der Waals surface area (Å²) in [5, 5.41) is 5.68. The second kappa shape index (κ2) is 5.83. The smallest absolute Gasteiger partial charge is 0.252 e. The first-order valence-corrected chi connectivity index (χ1v) is 7.45. The lowest BCUT2D eigenvalue weighted by Crippen LogP contribution is -2.34. The van der Waals surface area contributed by atoms with E-state index in [1.807, 2.05) is 0 Å². The van der Waals surface area contributed by atoms with E-state index in [-0.39, 0.29) is 17.6 Å². The van der Waals surface area contributed by atoms with Crippen LogP contribution in [0.3, 0.4) is 0 Å². The molecule has 118 valence electrons. The van der Waals surface area contributed by atoms with E-state index >= 15 is 0 Å². The van der Waals surface area contributed by atoms with Gasteiger partial charge in [0.1, 0.15) is 5.82 Å². The van der Waals surface area contributed by atoms with Crippen LogP contribution in [0, 0.1) is 5.82 Å². The second-order valence-corrected chi connectivity index (χ2v) is 5.81. The lowest BCUT2D eigenvalue weighted by atomic mass is 10.0. The van der Waals surface area contributed by atoms with E-state index in [0.29, 0.717) is 11.3 Å². The molecule has 0 heterocycles. The lowest BCUT2D eigenvalue weighted by molar-refractivity contribution is -0.114. The van der Waals surface area contributed by atoms with Crippen LogP contribution in [0.5, 0.6) is 0 Å². The van der Waals surface area contributed by atoms with Crippen molar-refractivity contribution in [3.05, 3.63) is 65.5 Å². The molecule has 23 heavy (non-hydrogen) atoms. The average Bonchev–Trinajstić information content (AvgIpc) is 3.28. The molecule has 0 aromatic heterocycles. The Balaban J connectivity index is 1.76. The molecular formula is C18H17FN2O2. The largest absolute Gasteiger partial charge is 0.343 e. The maximum atomic E-state index is 13.0. The molecule has 1 fully saturated rings. The van der Waals surface area contributed by atoms with Gasteiger partial charge >= 0.3 is 0 Å². The van der Waals surface area contributed by atoms with Crippen molar-refractivity contribution in [1.29, 1.82) is 0 Å². The van der Waals surface area contributed by atoms with Crippen molar-refractivity contribution in [2.45, 2.75) is 25.3 Å². The van der Waals surface area contributed by atoms with Crippen molar-refractivity contribution < 1.29 is 14.0 Å². The van der Waals surface area contributed by atoms with Crippen LogP contribution in [0.1, 0.15) is 35.7 Å². The van der Waals surface area contributed by atoms with Crippen LogP contribution in [0.15, 0.2) is 48.5 Å². The van der Waals surface area contributed by atoms with Gasteiger partial charge in [-0.2, -0.15) is 0 Å². The molecule has 1 aliphatic carbocycles. The quantitative estimate of drug-likeness (QED) is 0.911. The molecule has 0 radical (unpaired) electrons. The van der Waals surface area contributed by atoms with Crippen LogP contribution in [-0.4, -0.2) is 11.8 Å². The highest BCUT2D eigenvalue weighted by molar-refractivity contribution is 5.97. The van der Waals surface area contributed by atoms with Crippen LogP contribution in [0.2, 0.25) is 0 Å². The van der Waals surface area contributed by atoms with E-state index in [4.69, 9.17) is 0 Å². The molecule has 0 bridgehead atoms. The number of amides is 2. The lowest BCUT2D eigenvalue weighted by Gasteiger charge is -2.18. The molecule has 0 spiro atoms. The molecule has 3 rings (SSSR count). The monoisotopic (exact) mass is 312 g/mol. The maximum Gasteiger partial charge on any atom is 0.252 e. The molecule has 2 N–H and O–H groups in total. The SMILES string of the molecule is CC(=O)Nc1cccc(C(=O)NC2(c3ccc(F)cc3)CC2)c1. The van der Waals surface area contributed by atoms with E-state index in [0.717, 1.165) is 18.4 Å². The fourth-order valence-electron chi connectivity index (χ4n) is 2.61. The number of nitrogens with one attached hydrogen (secondary N) is 2. The van der Waals surface area contributed by atoms with E-state index in [1.165, 1.54) is 19.1 Å². The molecule has 5 heteroatoms. The van der Waals surface area contributed by atoms with Crippen molar-refractivity contribution in [3.63, 3.8) is 0 Å². The summed E-state index contributed by atoms with van der Waals surface area (Å²) in [6, 6.07) is 13.0. The van der Waals surface area contributed by atoms with Crippen LogP contribution in [0.25, 0.3) is 0 Å². The number of hydrogen-bond acceptors (Lipinski definition) is 2. The summed E-state index contributed by atoms with van der Waals surface area (Å²) >= 11 is 0. The summed E-state index contributed by atoms with van der Waals surface area (Å²) in [6.07, 6.45) is 1.66. The number of anilines is 1. The molecule has 1 saturated carbocycles. The molecule has 0 unspecified atom stereocenters. The van der Waals surface area contributed by atoms with Gasteiger partial charge in [-0.05, 0) is 48.7 Å². The second-order valence-electron chi connectivity index (χ2n) is 5.81. The standard InChI is InChI=1S/C18H17FN2O2/c1-12(22)20-16-4-2-3-13(11-16)17(23)21-18(9-10-18)14-5-7-15(19)8-6-14/h2-8,11H,9-10H2,1H3,(H,20,22)(H,21,23). The Hall–Kier alpha value is -2.69. The van der Waals surface area contributed by atoms with Gasteiger partial charge in [-0.1, -0.05) is 18.2 Å². The molecular weight excluding hydrogens is 295 g/mol. The van der Waals surface area contributed by atoms with Gasteiger partial charge in [0.15, 0.2) is 0 Å². The van der Waals surface area contributed by atoms with Crippen LogP contribution >= 0.6 is 0 Å². The van der Waals surface area contributed by atoms with Gasteiger partial charge < -0.3 is 10.6 Å². The van der Waals surface area contributed by atoms with Crippen molar-refractivity contribution >= 4 is 17.5 Å². The molecule has 4 nitrogen and oxygen atoms in total. The normalized spacial score (nSPS) is 14.9. The highest BCUT2D eigenvalue weighted by Crippen LogP contribution is 2.45. The summed E-state index contributed by atoms with van der Waals surface area (Å²) in [6.45, 7) is 1.42. The topological polar surface area (TPSA) is 58.2 Å². The number of carbonyl (C=O) groups is 2. The molecule has 0 aliphatic heterocycles. The Morgan fingerprint density at radius 3 is 2.39 bits per heavy atom. The zero-order valence-electron chi connectivity index (χ0n) is 12.7. The Morgan fingerprint density at radius 1 is 1.09 bits per heavy atom. The van der Waals surface area contributed by atoms with E-state index in [2.05, 4.69) is 10.6 Å². The van der Waals surface area contributed by atoms with Crippen LogP contribution in [-0.2, 0) is 10.3 Å². The summed E-state index contributed by atoms with van der Waals surface area (Å²) in [5.74, 6) is -0.689. The highest BCUT2D eigenvalue weighted by Gasteiger charge is 2.45. The van der Waals surface area contributed by atoms with Gasteiger partial charge in [0.2, 0.25) is 5.91 Å². The van der Waals surface area contributed by atoms with Gasteiger partial charge in [-0.15, -0.1) is 0 Å². The molecule has 0 atom stereocenters. The van der Waals surface area contributed by atoms with Crippen LogP contribution < -0.4 is 10.6 Å². The molecule has 2 amide bonds. The minimum atomic E-state index is -0.408. The van der Waals surface area contributed by atoms with Gasteiger partial charge in [0.05, 0.1) is 5.54 Å². The van der Waals surface area contributed by atoms with Crippen molar-refractivity contribution in [1.82, 2.24) is 5.32 Å². The minimum Gasteiger partial charge on any atom is -0.343 e. The Bertz CT molecular complexity index is 752. The fraction of sp³-hybridized carbons (Fsp3) is 0.222. The first kappa shape index (κ1) is 15.2. The third kappa shape index (κ3) is 3.39. The van der Waals surface area contributed by atoms with E-state index in [9.17, 15) is 14.0 Å². The number of carbonyl (C=O) groups excluding carboxylic acids is 2. The number of rotatable bonds is 4. The number of hydrogen-bond donors (Lipinski definition) is 2. The molecule has 2 aromatic rings. The minimum absolute atomic E-state index is 0.187. The van der Waals surface area contributed by atoms with Crippen molar-refractivity contribution in [3.8, 4) is 0 Å². The third-order valence-electron chi connectivity index (χ3n) is 3.94. The molecule has 2 aromatic carbocycles. The molecule has 0 saturated heterocycles. The Labute approximate surface area is 133 Å². The van der Waals surface area contributed by atoms with Gasteiger partial charge in [0.25, 0.3) is 5.91 Å². The van der Waals surface area contributed by atoms with E-state index < -0.39 is 5.54 Å². The first-order valence-electron chi connectivity index (χ1n) is 7.45. The fourth-order valence-corrected chi connectivity index (χ4v) is 2.61. The summed E-state index contributed by atoms with van der Waals surface area (Å²) < 4.78 is 13.0. The third-order valence-corrected chi connectivity index (χ3v) is 3.94. The summed E-state index contributed by atoms with van der Waals surface area (Å²) in [4.78, 5) is 23.6. The zero-order valence-corrected chi connectivity index (χ0v) is 12.7. The van der Waals surface area contributed by atoms with Gasteiger partial charge in [0, 0.05) is 18.2 Å². The first-order chi connectivity index (χ1) is 11.0. The summed E-state index contributed by atoms with van der Waals surface area (Å²) in [7, 11) is 0. The van der Waals surface area contributed by atoms with Crippen molar-refractivity contribution in [2.24, 2.45) is 0 Å². The highest BCUT2D eigenvalue weighted by atomic mass is 19.1. The number of benzene rings is 2. The van der Waals surface area contributed by atoms with Crippen LogP contribution in [0.4, 0.5) is 10.1 Å². The average molecular weight is 312 g/mol. The predicted octanol–water partition coefficient (Wildman–Crippen LogP) is 3.20. The number of halogens is 1. The Kier molecular flexibility index (Phi) is 3.86. The zero-order chi connectivity index (χ0) is 16.4. The van der Waals surface area contributed by atoms with E-state index in [1.54, 1.807) is 36.4 Å². The molecule has 1 aliphatic rings. The predicted molar refractivity (Wildman–Crippen MR) is 85.5 cm³/mol. The maximum absolute atomic E-state index is 13.0. The van der Waals surface area contributed by atoms with Gasteiger partial charge in [-0.25, -0.2) is 4.39 Å². The summed E-state index contributed by atoms with van der Waals surface area (Å²) in [5.41, 5.74) is 1.56. The van der Waals surface area contributed by atoms with Gasteiger partial charge in [-0.3, -0.25) is 9.59 Å². The Morgan fingerprint density at radius 2 is 1.78 bits per heavy atom.